The number of hydrogen-bond acceptors (Lipinski definition) is 4. The summed E-state index contributed by atoms with van der Waals surface area (Å²) in [5.74, 6) is -1.99. The summed E-state index contributed by atoms with van der Waals surface area (Å²) in [6.07, 6.45) is 4.80. The number of likely N-dealkylation sites (tertiary alicyclic amines) is 1. The number of nitrogens with one attached hydrogen (secondary N) is 2. The fourth-order valence-corrected chi connectivity index (χ4v) is 1.96. The lowest BCUT2D eigenvalue weighted by Crippen LogP contribution is -2.47. The third-order valence-electron chi connectivity index (χ3n) is 3.03. The molecule has 19 heavy (non-hydrogen) atoms. The van der Waals surface area contributed by atoms with Gasteiger partial charge in [-0.25, -0.2) is 9.59 Å². The summed E-state index contributed by atoms with van der Waals surface area (Å²) < 4.78 is 0. The lowest BCUT2D eigenvalue weighted by molar-refractivity contribution is -0.131. The molecule has 0 aromatic carbocycles. The Balaban J connectivity index is 2.27. The predicted octanol–water partition coefficient (Wildman–Crippen LogP) is -0.0627. The van der Waals surface area contributed by atoms with Gasteiger partial charge in [-0.2, -0.15) is 0 Å². The van der Waals surface area contributed by atoms with Crippen LogP contribution in [0.2, 0.25) is 0 Å². The third kappa shape index (κ3) is 6.01. The van der Waals surface area contributed by atoms with E-state index in [9.17, 15) is 14.4 Å². The number of aliphatic carboxylic acids is 1. The highest BCUT2D eigenvalue weighted by molar-refractivity contribution is 6.02. The molecule has 0 saturated carbocycles. The molecule has 1 heterocycles. The zero-order chi connectivity index (χ0) is 14.3. The van der Waals surface area contributed by atoms with Gasteiger partial charge in [-0.15, -0.1) is 0 Å². The highest BCUT2D eigenvalue weighted by Crippen LogP contribution is 2.13. The average molecular weight is 269 g/mol. The second kappa shape index (κ2) is 7.52. The third-order valence-corrected chi connectivity index (χ3v) is 3.03. The quantitative estimate of drug-likeness (QED) is 0.621. The van der Waals surface area contributed by atoms with Crippen LogP contribution in [0.15, 0.2) is 12.2 Å². The molecule has 0 radical (unpaired) electrons. The minimum Gasteiger partial charge on any atom is -0.478 e. The number of carboxylic acid groups (broad SMARTS) is 1. The van der Waals surface area contributed by atoms with Crippen LogP contribution >= 0.6 is 0 Å². The number of imide groups is 1. The molecule has 7 heteroatoms. The lowest BCUT2D eigenvalue weighted by Gasteiger charge is -2.32. The van der Waals surface area contributed by atoms with Gasteiger partial charge >= 0.3 is 12.0 Å². The van der Waals surface area contributed by atoms with Crippen LogP contribution in [0.5, 0.6) is 0 Å². The summed E-state index contributed by atoms with van der Waals surface area (Å²) in [4.78, 5) is 34.9. The smallest absolute Gasteiger partial charge is 0.328 e. The minimum atomic E-state index is -1.24. The number of piperidine rings is 1. The van der Waals surface area contributed by atoms with E-state index in [4.69, 9.17) is 5.11 Å². The van der Waals surface area contributed by atoms with Crippen molar-refractivity contribution in [2.45, 2.75) is 25.3 Å². The van der Waals surface area contributed by atoms with E-state index >= 15 is 0 Å². The summed E-state index contributed by atoms with van der Waals surface area (Å²) in [6.45, 7) is 1.48. The summed E-state index contributed by atoms with van der Waals surface area (Å²) in [5.41, 5.74) is 0. The Morgan fingerprint density at radius 2 is 2.05 bits per heavy atom. The van der Waals surface area contributed by atoms with E-state index in [0.717, 1.165) is 31.9 Å². The largest absolute Gasteiger partial charge is 0.478 e. The average Bonchev–Trinajstić information content (AvgIpc) is 2.35. The van der Waals surface area contributed by atoms with Gasteiger partial charge in [0.2, 0.25) is 0 Å². The van der Waals surface area contributed by atoms with E-state index in [2.05, 4.69) is 10.2 Å². The Morgan fingerprint density at radius 1 is 1.32 bits per heavy atom. The maximum atomic E-state index is 11.4. The Morgan fingerprint density at radius 3 is 2.68 bits per heavy atom. The van der Waals surface area contributed by atoms with Crippen LogP contribution in [-0.2, 0) is 9.59 Å². The summed E-state index contributed by atoms with van der Waals surface area (Å²) in [5, 5.41) is 13.0. The molecule has 1 unspecified atom stereocenters. The highest BCUT2D eigenvalue weighted by Gasteiger charge is 2.19. The van der Waals surface area contributed by atoms with E-state index in [-0.39, 0.29) is 6.04 Å². The van der Waals surface area contributed by atoms with Crippen molar-refractivity contribution in [3.63, 3.8) is 0 Å². The van der Waals surface area contributed by atoms with Crippen LogP contribution in [0.3, 0.4) is 0 Å². The Labute approximate surface area is 111 Å². The molecule has 1 atom stereocenters. The van der Waals surface area contributed by atoms with Crippen molar-refractivity contribution >= 4 is 17.9 Å². The second-order valence-corrected chi connectivity index (χ2v) is 4.50. The highest BCUT2D eigenvalue weighted by atomic mass is 16.4. The first-order valence-corrected chi connectivity index (χ1v) is 6.19. The molecule has 1 rings (SSSR count). The van der Waals surface area contributed by atoms with Crippen molar-refractivity contribution in [3.05, 3.63) is 12.2 Å². The van der Waals surface area contributed by atoms with Gasteiger partial charge in [-0.3, -0.25) is 10.1 Å². The molecule has 0 spiro atoms. The summed E-state index contributed by atoms with van der Waals surface area (Å²) in [6, 6.07) is -0.330. The molecule has 1 saturated heterocycles. The molecule has 1 aliphatic rings. The van der Waals surface area contributed by atoms with Gasteiger partial charge in [0.15, 0.2) is 0 Å². The number of likely N-dealkylation sites (N-methyl/N-ethyl adjacent to an activating group) is 1. The molecule has 0 aromatic rings. The topological polar surface area (TPSA) is 98.7 Å². The van der Waals surface area contributed by atoms with Crippen molar-refractivity contribution in [2.75, 3.05) is 20.1 Å². The Kier molecular flexibility index (Phi) is 6.01. The lowest BCUT2D eigenvalue weighted by atomic mass is 10.0. The van der Waals surface area contributed by atoms with Crippen LogP contribution < -0.4 is 10.6 Å². The standard InChI is InChI=1S/C12H19N3O4/c1-15-7-3-2-4-9(15)8-13-12(19)14-10(16)5-6-11(17)18/h5-6,9H,2-4,7-8H2,1H3,(H,17,18)(H2,13,14,16,19). The van der Waals surface area contributed by atoms with Crippen LogP contribution in [0.4, 0.5) is 4.79 Å². The number of nitrogens with zero attached hydrogens (tertiary/aromatic N) is 1. The minimum absolute atomic E-state index is 0.282. The first kappa shape index (κ1) is 15.2. The van der Waals surface area contributed by atoms with Crippen molar-refractivity contribution in [1.29, 1.82) is 0 Å². The molecular weight excluding hydrogens is 250 g/mol. The molecule has 106 valence electrons. The molecule has 3 N–H and O–H groups in total. The van der Waals surface area contributed by atoms with Crippen molar-refractivity contribution in [1.82, 2.24) is 15.5 Å². The number of carboxylic acids is 1. The van der Waals surface area contributed by atoms with Gasteiger partial charge in [-0.1, -0.05) is 6.42 Å². The summed E-state index contributed by atoms with van der Waals surface area (Å²) >= 11 is 0. The second-order valence-electron chi connectivity index (χ2n) is 4.50. The van der Waals surface area contributed by atoms with E-state index in [1.54, 1.807) is 0 Å². The monoisotopic (exact) mass is 269 g/mol. The van der Waals surface area contributed by atoms with Gasteiger partial charge in [0, 0.05) is 24.7 Å². The zero-order valence-corrected chi connectivity index (χ0v) is 10.9. The maximum Gasteiger partial charge on any atom is 0.328 e. The van der Waals surface area contributed by atoms with Gasteiger partial charge in [-0.05, 0) is 26.4 Å². The molecule has 0 aromatic heterocycles. The van der Waals surface area contributed by atoms with Crippen molar-refractivity contribution in [2.24, 2.45) is 0 Å². The SMILES string of the molecule is CN1CCCCC1CNC(=O)NC(=O)C=CC(=O)O. The number of amides is 3. The van der Waals surface area contributed by atoms with Crippen LogP contribution in [0, 0.1) is 0 Å². The van der Waals surface area contributed by atoms with Crippen molar-refractivity contribution < 1.29 is 19.5 Å². The molecule has 7 nitrogen and oxygen atoms in total. The number of rotatable bonds is 4. The summed E-state index contributed by atoms with van der Waals surface area (Å²) in [7, 11) is 2.00. The van der Waals surface area contributed by atoms with Crippen LogP contribution in [0.25, 0.3) is 0 Å². The normalized spacial score (nSPS) is 20.2. The molecular formula is C12H19N3O4. The number of carbonyl (C=O) groups is 3. The van der Waals surface area contributed by atoms with E-state index in [0.29, 0.717) is 12.6 Å². The fraction of sp³-hybridized carbons (Fsp3) is 0.583. The number of urea groups is 1. The molecule has 1 aliphatic heterocycles. The van der Waals surface area contributed by atoms with Gasteiger partial charge < -0.3 is 15.3 Å². The number of carbonyl (C=O) groups excluding carboxylic acids is 2. The predicted molar refractivity (Wildman–Crippen MR) is 68.6 cm³/mol. The van der Waals surface area contributed by atoms with Gasteiger partial charge in [0.25, 0.3) is 5.91 Å². The molecule has 3 amide bonds. The van der Waals surface area contributed by atoms with Crippen molar-refractivity contribution in [3.8, 4) is 0 Å². The first-order chi connectivity index (χ1) is 8.99. The molecule has 0 aliphatic carbocycles. The Hall–Kier alpha value is -1.89. The maximum absolute atomic E-state index is 11.4. The van der Waals surface area contributed by atoms with Gasteiger partial charge in [0.05, 0.1) is 0 Å². The Bertz CT molecular complexity index is 381. The van der Waals surface area contributed by atoms with E-state index in [1.807, 2.05) is 12.4 Å². The van der Waals surface area contributed by atoms with Gasteiger partial charge in [0.1, 0.15) is 0 Å². The zero-order valence-electron chi connectivity index (χ0n) is 10.9. The fourth-order valence-electron chi connectivity index (χ4n) is 1.96. The first-order valence-electron chi connectivity index (χ1n) is 6.19. The molecule has 1 fully saturated rings. The van der Waals surface area contributed by atoms with E-state index < -0.39 is 17.9 Å². The molecule has 0 bridgehead atoms. The van der Waals surface area contributed by atoms with Crippen LogP contribution in [-0.4, -0.2) is 54.1 Å². The van der Waals surface area contributed by atoms with E-state index in [1.165, 1.54) is 0 Å². The number of hydrogen-bond donors (Lipinski definition) is 3. The van der Waals surface area contributed by atoms with Crippen LogP contribution in [0.1, 0.15) is 19.3 Å².